The van der Waals surface area contributed by atoms with Crippen molar-refractivity contribution < 1.29 is 18.3 Å². The number of benzene rings is 3. The summed E-state index contributed by atoms with van der Waals surface area (Å²) < 4.78 is 29.6. The number of sulfonamides is 1. The molecule has 1 aliphatic carbocycles. The molecule has 2 N–H and O–H groups in total. The number of fused-ring (bicyclic) bond motifs is 1. The number of halogens is 1. The van der Waals surface area contributed by atoms with Gasteiger partial charge in [-0.1, -0.05) is 71.2 Å². The quantitative estimate of drug-likeness (QED) is 0.521. The Morgan fingerprint density at radius 1 is 1.00 bits per heavy atom. The first-order valence-electron chi connectivity index (χ1n) is 9.83. The van der Waals surface area contributed by atoms with Crippen molar-refractivity contribution in [2.75, 3.05) is 6.54 Å². The van der Waals surface area contributed by atoms with E-state index < -0.39 is 28.0 Å². The molecule has 30 heavy (non-hydrogen) atoms. The Kier molecular flexibility index (Phi) is 5.70. The van der Waals surface area contributed by atoms with Crippen LogP contribution in [-0.2, 0) is 20.2 Å². The van der Waals surface area contributed by atoms with E-state index in [1.54, 1.807) is 12.1 Å². The van der Waals surface area contributed by atoms with E-state index in [0.29, 0.717) is 0 Å². The summed E-state index contributed by atoms with van der Waals surface area (Å²) in [5.74, 6) is -1.22. The minimum atomic E-state index is -4.01. The normalized spacial score (nSPS) is 16.0. The maximum absolute atomic E-state index is 13.2. The minimum absolute atomic E-state index is 0.160. The summed E-state index contributed by atoms with van der Waals surface area (Å²) in [6, 6.07) is 19.3. The van der Waals surface area contributed by atoms with E-state index in [1.165, 1.54) is 0 Å². The van der Waals surface area contributed by atoms with Crippen LogP contribution in [0.4, 0.5) is 0 Å². The molecule has 1 fully saturated rings. The molecule has 0 atom stereocenters. The highest BCUT2D eigenvalue weighted by molar-refractivity contribution is 9.10. The minimum Gasteiger partial charge on any atom is -0.480 e. The molecule has 1 saturated carbocycles. The van der Waals surface area contributed by atoms with E-state index in [2.05, 4.69) is 32.8 Å². The standard InChI is InChI=1S/C23H22BrNO4S/c24-18-10-8-17(9-11-18)23(13-3-4-14-23)22-19-6-2-1-5-16(19)7-12-20(22)30(28,29)25-15-21(26)27/h1-2,5-12,25H,3-4,13-15H2,(H,26,27). The van der Waals surface area contributed by atoms with Crippen LogP contribution in [0.1, 0.15) is 36.8 Å². The van der Waals surface area contributed by atoms with Crippen LogP contribution in [0.5, 0.6) is 0 Å². The van der Waals surface area contributed by atoms with Crippen molar-refractivity contribution >= 4 is 42.7 Å². The molecule has 0 aromatic heterocycles. The number of hydrogen-bond donors (Lipinski definition) is 2. The van der Waals surface area contributed by atoms with Gasteiger partial charge in [-0.3, -0.25) is 4.79 Å². The number of aliphatic carboxylic acids is 1. The largest absolute Gasteiger partial charge is 0.480 e. The van der Waals surface area contributed by atoms with Crippen molar-refractivity contribution in [2.45, 2.75) is 36.0 Å². The van der Waals surface area contributed by atoms with Crippen molar-refractivity contribution in [2.24, 2.45) is 0 Å². The molecule has 0 bridgehead atoms. The topological polar surface area (TPSA) is 83.5 Å². The van der Waals surface area contributed by atoms with Crippen molar-refractivity contribution in [3.63, 3.8) is 0 Å². The van der Waals surface area contributed by atoms with Crippen LogP contribution in [0, 0.1) is 0 Å². The first-order chi connectivity index (χ1) is 14.3. The molecule has 0 saturated heterocycles. The zero-order valence-electron chi connectivity index (χ0n) is 16.3. The third-order valence-electron chi connectivity index (χ3n) is 5.93. The number of carboxylic acids is 1. The predicted octanol–water partition coefficient (Wildman–Crippen LogP) is 4.83. The molecule has 156 valence electrons. The van der Waals surface area contributed by atoms with E-state index in [1.807, 2.05) is 36.4 Å². The molecule has 0 amide bonds. The van der Waals surface area contributed by atoms with Crippen LogP contribution in [0.2, 0.25) is 0 Å². The van der Waals surface area contributed by atoms with Crippen molar-refractivity contribution in [1.82, 2.24) is 4.72 Å². The van der Waals surface area contributed by atoms with E-state index in [0.717, 1.165) is 52.1 Å². The van der Waals surface area contributed by atoms with Gasteiger partial charge in [0.25, 0.3) is 0 Å². The Hall–Kier alpha value is -2.22. The van der Waals surface area contributed by atoms with Crippen LogP contribution in [0.25, 0.3) is 10.8 Å². The number of carbonyl (C=O) groups is 1. The highest BCUT2D eigenvalue weighted by Crippen LogP contribution is 2.50. The van der Waals surface area contributed by atoms with Crippen LogP contribution in [-0.4, -0.2) is 26.0 Å². The molecular formula is C23H22BrNO4S. The highest BCUT2D eigenvalue weighted by atomic mass is 79.9. The van der Waals surface area contributed by atoms with Gasteiger partial charge in [0, 0.05) is 9.89 Å². The summed E-state index contributed by atoms with van der Waals surface area (Å²) in [4.78, 5) is 11.2. The Morgan fingerprint density at radius 2 is 1.67 bits per heavy atom. The fourth-order valence-corrected chi connectivity index (χ4v) is 6.19. The molecule has 3 aromatic carbocycles. The van der Waals surface area contributed by atoms with Gasteiger partial charge in [-0.05, 0) is 52.9 Å². The smallest absolute Gasteiger partial charge is 0.318 e. The summed E-state index contributed by atoms with van der Waals surface area (Å²) in [6.45, 7) is -0.653. The Bertz CT molecular complexity index is 1200. The Balaban J connectivity index is 2.02. The van der Waals surface area contributed by atoms with E-state index in [4.69, 9.17) is 5.11 Å². The SMILES string of the molecule is O=C(O)CNS(=O)(=O)c1ccc2ccccc2c1C1(c2ccc(Br)cc2)CCCC1. The maximum atomic E-state index is 13.2. The van der Waals surface area contributed by atoms with Crippen molar-refractivity contribution in [3.05, 3.63) is 76.3 Å². The van der Waals surface area contributed by atoms with Crippen LogP contribution < -0.4 is 4.72 Å². The summed E-state index contributed by atoms with van der Waals surface area (Å²) in [5, 5.41) is 10.9. The molecule has 0 aliphatic heterocycles. The molecule has 3 aromatic rings. The number of nitrogens with one attached hydrogen (secondary N) is 1. The first-order valence-corrected chi connectivity index (χ1v) is 12.1. The maximum Gasteiger partial charge on any atom is 0.318 e. The zero-order chi connectivity index (χ0) is 21.4. The van der Waals surface area contributed by atoms with Crippen LogP contribution >= 0.6 is 15.9 Å². The monoisotopic (exact) mass is 487 g/mol. The molecule has 5 nitrogen and oxygen atoms in total. The third kappa shape index (κ3) is 3.77. The predicted molar refractivity (Wildman–Crippen MR) is 120 cm³/mol. The Labute approximate surface area is 184 Å². The lowest BCUT2D eigenvalue weighted by atomic mass is 9.71. The van der Waals surface area contributed by atoms with Gasteiger partial charge in [-0.2, -0.15) is 4.72 Å². The fraction of sp³-hybridized carbons (Fsp3) is 0.261. The van der Waals surface area contributed by atoms with Gasteiger partial charge in [0.1, 0.15) is 6.54 Å². The summed E-state index contributed by atoms with van der Waals surface area (Å²) in [6.07, 6.45) is 3.68. The zero-order valence-corrected chi connectivity index (χ0v) is 18.7. The van der Waals surface area contributed by atoms with Crippen LogP contribution in [0.3, 0.4) is 0 Å². The molecule has 0 spiro atoms. The van der Waals surface area contributed by atoms with Gasteiger partial charge in [0.15, 0.2) is 0 Å². The summed E-state index contributed by atoms with van der Waals surface area (Å²) >= 11 is 3.49. The molecule has 4 rings (SSSR count). The number of hydrogen-bond acceptors (Lipinski definition) is 3. The average Bonchev–Trinajstić information content (AvgIpc) is 3.23. The molecule has 0 radical (unpaired) electrons. The second-order valence-electron chi connectivity index (χ2n) is 7.67. The molecule has 7 heteroatoms. The lowest BCUT2D eigenvalue weighted by Gasteiger charge is -2.33. The first kappa shape index (κ1) is 21.0. The van der Waals surface area contributed by atoms with E-state index in [9.17, 15) is 13.2 Å². The number of rotatable bonds is 6. The van der Waals surface area contributed by atoms with Gasteiger partial charge in [-0.25, -0.2) is 8.42 Å². The fourth-order valence-electron chi connectivity index (χ4n) is 4.63. The second-order valence-corrected chi connectivity index (χ2v) is 10.3. The molecular weight excluding hydrogens is 466 g/mol. The van der Waals surface area contributed by atoms with E-state index >= 15 is 0 Å². The van der Waals surface area contributed by atoms with Gasteiger partial charge in [0.2, 0.25) is 10.0 Å². The lowest BCUT2D eigenvalue weighted by molar-refractivity contribution is -0.135. The third-order valence-corrected chi connectivity index (χ3v) is 7.90. The van der Waals surface area contributed by atoms with Crippen molar-refractivity contribution in [3.8, 4) is 0 Å². The molecule has 1 aliphatic rings. The van der Waals surface area contributed by atoms with Gasteiger partial charge >= 0.3 is 5.97 Å². The Morgan fingerprint density at radius 3 is 2.33 bits per heavy atom. The van der Waals surface area contributed by atoms with Gasteiger partial charge in [-0.15, -0.1) is 0 Å². The lowest BCUT2D eigenvalue weighted by Crippen LogP contribution is -2.33. The second kappa shape index (κ2) is 8.13. The summed E-state index contributed by atoms with van der Waals surface area (Å²) in [7, 11) is -4.01. The summed E-state index contributed by atoms with van der Waals surface area (Å²) in [5.41, 5.74) is 1.39. The van der Waals surface area contributed by atoms with Crippen LogP contribution in [0.15, 0.2) is 70.0 Å². The van der Waals surface area contributed by atoms with Crippen molar-refractivity contribution in [1.29, 1.82) is 0 Å². The van der Waals surface area contributed by atoms with Gasteiger partial charge in [0.05, 0.1) is 4.90 Å². The average molecular weight is 488 g/mol. The highest BCUT2D eigenvalue weighted by Gasteiger charge is 2.42. The molecule has 0 unspecified atom stereocenters. The molecule has 0 heterocycles. The van der Waals surface area contributed by atoms with E-state index in [-0.39, 0.29) is 4.90 Å². The number of carboxylic acid groups (broad SMARTS) is 1. The van der Waals surface area contributed by atoms with Gasteiger partial charge < -0.3 is 5.11 Å².